The van der Waals surface area contributed by atoms with Gasteiger partial charge in [0.15, 0.2) is 0 Å². The highest BCUT2D eigenvalue weighted by molar-refractivity contribution is 7.89. The first kappa shape index (κ1) is 16.0. The fourth-order valence-electron chi connectivity index (χ4n) is 2.87. The molecule has 1 aromatic carbocycles. The second-order valence-electron chi connectivity index (χ2n) is 5.61. The van der Waals surface area contributed by atoms with Crippen LogP contribution in [0.2, 0.25) is 0 Å². The van der Waals surface area contributed by atoms with E-state index in [1.54, 1.807) is 26.3 Å². The Kier molecular flexibility index (Phi) is 4.13. The molecule has 0 saturated carbocycles. The van der Waals surface area contributed by atoms with Crippen LogP contribution in [-0.4, -0.2) is 47.4 Å². The number of nitrogens with zero attached hydrogens (tertiary/aromatic N) is 3. The molecule has 2 heterocycles. The van der Waals surface area contributed by atoms with Crippen molar-refractivity contribution in [2.24, 2.45) is 7.05 Å². The summed E-state index contributed by atoms with van der Waals surface area (Å²) < 4.78 is 33.7. The highest BCUT2D eigenvalue weighted by Crippen LogP contribution is 2.37. The number of aliphatic hydroxyl groups excluding tert-OH is 1. The Bertz CT molecular complexity index is 803. The Morgan fingerprint density at radius 1 is 1.39 bits per heavy atom. The maximum absolute atomic E-state index is 12.9. The van der Waals surface area contributed by atoms with Crippen molar-refractivity contribution in [3.63, 3.8) is 0 Å². The molecule has 3 rings (SSSR count). The van der Waals surface area contributed by atoms with Gasteiger partial charge in [0.05, 0.1) is 25.5 Å². The molecular formula is C15H19N3O4S. The number of aryl methyl sites for hydroxylation is 1. The van der Waals surface area contributed by atoms with Crippen LogP contribution >= 0.6 is 0 Å². The van der Waals surface area contributed by atoms with Gasteiger partial charge in [0.2, 0.25) is 10.0 Å². The first-order chi connectivity index (χ1) is 10.9. The Labute approximate surface area is 135 Å². The lowest BCUT2D eigenvalue weighted by molar-refractivity contribution is 0.188. The summed E-state index contributed by atoms with van der Waals surface area (Å²) in [7, 11) is -0.492. The van der Waals surface area contributed by atoms with E-state index in [4.69, 9.17) is 4.74 Å². The summed E-state index contributed by atoms with van der Waals surface area (Å²) in [6.07, 6.45) is 2.44. The van der Waals surface area contributed by atoms with Crippen molar-refractivity contribution in [2.75, 3.05) is 13.7 Å². The first-order valence-corrected chi connectivity index (χ1v) is 8.68. The number of β-amino-alcohol motifs (C(OH)–C–C–N with tert-alkyl or cyclic N) is 1. The predicted molar refractivity (Wildman–Crippen MR) is 83.5 cm³/mol. The zero-order chi connectivity index (χ0) is 16.6. The molecule has 2 aromatic rings. The number of rotatable bonds is 4. The first-order valence-electron chi connectivity index (χ1n) is 7.24. The molecule has 7 nitrogen and oxygen atoms in total. The minimum atomic E-state index is -3.72. The van der Waals surface area contributed by atoms with E-state index < -0.39 is 22.2 Å². The average Bonchev–Trinajstić information content (AvgIpc) is 3.14. The van der Waals surface area contributed by atoms with Crippen LogP contribution in [0.5, 0.6) is 5.75 Å². The molecule has 0 amide bonds. The van der Waals surface area contributed by atoms with Gasteiger partial charge in [-0.2, -0.15) is 9.40 Å². The number of aliphatic hydroxyl groups is 1. The van der Waals surface area contributed by atoms with Crippen LogP contribution in [0.3, 0.4) is 0 Å². The average molecular weight is 337 g/mol. The third kappa shape index (κ3) is 2.97. The number of aromatic nitrogens is 2. The molecule has 8 heteroatoms. The molecule has 0 spiro atoms. The summed E-state index contributed by atoms with van der Waals surface area (Å²) in [5.41, 5.74) is 0.799. The Balaban J connectivity index is 1.99. The van der Waals surface area contributed by atoms with Crippen LogP contribution in [0.15, 0.2) is 41.6 Å². The highest BCUT2D eigenvalue weighted by atomic mass is 32.2. The van der Waals surface area contributed by atoms with Gasteiger partial charge in [-0.05, 0) is 24.1 Å². The van der Waals surface area contributed by atoms with E-state index in [1.165, 1.54) is 21.4 Å². The van der Waals surface area contributed by atoms with E-state index in [0.717, 1.165) is 5.56 Å². The lowest BCUT2D eigenvalue weighted by atomic mass is 10.0. The molecule has 1 aliphatic rings. The number of hydrogen-bond acceptors (Lipinski definition) is 5. The second kappa shape index (κ2) is 5.95. The van der Waals surface area contributed by atoms with E-state index in [0.29, 0.717) is 12.2 Å². The summed E-state index contributed by atoms with van der Waals surface area (Å²) in [6.45, 7) is 0.0686. The van der Waals surface area contributed by atoms with Crippen LogP contribution in [-0.2, 0) is 17.1 Å². The summed E-state index contributed by atoms with van der Waals surface area (Å²) in [4.78, 5) is 0.127. The molecule has 0 aliphatic carbocycles. The molecule has 1 saturated heterocycles. The SMILES string of the molecule is COc1cccc([C@H]2C[C@@H](O)CN2S(=O)(=O)c2cnn(C)c2)c1. The van der Waals surface area contributed by atoms with Crippen LogP contribution < -0.4 is 4.74 Å². The fraction of sp³-hybridized carbons (Fsp3) is 0.400. The smallest absolute Gasteiger partial charge is 0.246 e. The summed E-state index contributed by atoms with van der Waals surface area (Å²) >= 11 is 0. The van der Waals surface area contributed by atoms with Gasteiger partial charge in [-0.3, -0.25) is 4.68 Å². The van der Waals surface area contributed by atoms with Crippen LogP contribution in [0.1, 0.15) is 18.0 Å². The standard InChI is InChI=1S/C15H19N3O4S/c1-17-10-14(8-16-17)23(20,21)18-9-12(19)7-15(18)11-4-3-5-13(6-11)22-2/h3-6,8,10,12,15,19H,7,9H2,1-2H3/t12-,15-/m1/s1. The normalized spacial score (nSPS) is 22.4. The third-order valence-electron chi connectivity index (χ3n) is 4.00. The lowest BCUT2D eigenvalue weighted by Crippen LogP contribution is -2.31. The van der Waals surface area contributed by atoms with Gasteiger partial charge in [-0.15, -0.1) is 0 Å². The van der Waals surface area contributed by atoms with Gasteiger partial charge in [0, 0.05) is 19.8 Å². The molecule has 0 unspecified atom stereocenters. The highest BCUT2D eigenvalue weighted by Gasteiger charge is 2.41. The van der Waals surface area contributed by atoms with Crippen molar-refractivity contribution in [3.05, 3.63) is 42.2 Å². The number of benzene rings is 1. The Hall–Kier alpha value is -1.90. The maximum atomic E-state index is 12.9. The van der Waals surface area contributed by atoms with E-state index in [9.17, 15) is 13.5 Å². The Morgan fingerprint density at radius 2 is 2.17 bits per heavy atom. The van der Waals surface area contributed by atoms with Gasteiger partial charge >= 0.3 is 0 Å². The van der Waals surface area contributed by atoms with Crippen molar-refractivity contribution in [2.45, 2.75) is 23.5 Å². The van der Waals surface area contributed by atoms with Gasteiger partial charge in [0.25, 0.3) is 0 Å². The molecular weight excluding hydrogens is 318 g/mol. The molecule has 0 bridgehead atoms. The molecule has 0 radical (unpaired) electrons. The van der Waals surface area contributed by atoms with Crippen molar-refractivity contribution < 1.29 is 18.3 Å². The van der Waals surface area contributed by atoms with Crippen molar-refractivity contribution >= 4 is 10.0 Å². The zero-order valence-electron chi connectivity index (χ0n) is 13.0. The fourth-order valence-corrected chi connectivity index (χ4v) is 4.52. The number of sulfonamides is 1. The number of methoxy groups -OCH3 is 1. The van der Waals surface area contributed by atoms with Crippen LogP contribution in [0.4, 0.5) is 0 Å². The second-order valence-corrected chi connectivity index (χ2v) is 7.50. The number of ether oxygens (including phenoxy) is 1. The third-order valence-corrected chi connectivity index (χ3v) is 5.83. The molecule has 1 N–H and O–H groups in total. The van der Waals surface area contributed by atoms with E-state index in [-0.39, 0.29) is 11.4 Å². The summed E-state index contributed by atoms with van der Waals surface area (Å²) in [5, 5.41) is 13.9. The molecule has 124 valence electrons. The quantitative estimate of drug-likeness (QED) is 0.897. The molecule has 23 heavy (non-hydrogen) atoms. The minimum Gasteiger partial charge on any atom is -0.497 e. The largest absolute Gasteiger partial charge is 0.497 e. The van der Waals surface area contributed by atoms with Crippen LogP contribution in [0, 0.1) is 0 Å². The summed E-state index contributed by atoms with van der Waals surface area (Å²) in [6, 6.07) is 6.83. The van der Waals surface area contributed by atoms with Gasteiger partial charge < -0.3 is 9.84 Å². The summed E-state index contributed by atoms with van der Waals surface area (Å²) in [5.74, 6) is 0.655. The monoisotopic (exact) mass is 337 g/mol. The molecule has 1 aliphatic heterocycles. The van der Waals surface area contributed by atoms with Crippen molar-refractivity contribution in [1.82, 2.24) is 14.1 Å². The molecule has 2 atom stereocenters. The number of hydrogen-bond donors (Lipinski definition) is 1. The van der Waals surface area contributed by atoms with E-state index in [2.05, 4.69) is 5.10 Å². The Morgan fingerprint density at radius 3 is 2.83 bits per heavy atom. The van der Waals surface area contributed by atoms with E-state index in [1.807, 2.05) is 12.1 Å². The maximum Gasteiger partial charge on any atom is 0.246 e. The lowest BCUT2D eigenvalue weighted by Gasteiger charge is -2.23. The van der Waals surface area contributed by atoms with Crippen molar-refractivity contribution in [3.8, 4) is 5.75 Å². The van der Waals surface area contributed by atoms with Gasteiger partial charge in [-0.25, -0.2) is 8.42 Å². The van der Waals surface area contributed by atoms with Gasteiger partial charge in [-0.1, -0.05) is 12.1 Å². The zero-order valence-corrected chi connectivity index (χ0v) is 13.8. The van der Waals surface area contributed by atoms with E-state index >= 15 is 0 Å². The minimum absolute atomic E-state index is 0.0686. The predicted octanol–water partition coefficient (Wildman–Crippen LogP) is 0.925. The molecule has 1 fully saturated rings. The molecule has 1 aromatic heterocycles. The van der Waals surface area contributed by atoms with Crippen LogP contribution in [0.25, 0.3) is 0 Å². The topological polar surface area (TPSA) is 84.7 Å². The van der Waals surface area contributed by atoms with Gasteiger partial charge in [0.1, 0.15) is 10.6 Å². The van der Waals surface area contributed by atoms with Crippen molar-refractivity contribution in [1.29, 1.82) is 0 Å².